The van der Waals surface area contributed by atoms with E-state index in [1.807, 2.05) is 48.5 Å². The van der Waals surface area contributed by atoms with E-state index in [-0.39, 0.29) is 42.4 Å². The zero-order chi connectivity index (χ0) is 33.4. The van der Waals surface area contributed by atoms with Crippen molar-refractivity contribution in [3.63, 3.8) is 0 Å². The molecule has 0 aliphatic carbocycles. The quantitative estimate of drug-likeness (QED) is 0.202. The molecule has 6 fully saturated rings. The third-order valence-corrected chi connectivity index (χ3v) is 12.3. The molecule has 6 aliphatic heterocycles. The summed E-state index contributed by atoms with van der Waals surface area (Å²) in [4.78, 5) is 13.9. The molecule has 2 aromatic carbocycles. The molecule has 10 rings (SSSR count). The highest BCUT2D eigenvalue weighted by Crippen LogP contribution is 2.44. The molecule has 4 aromatic rings. The number of ether oxygens (including phenoxy) is 2. The lowest BCUT2D eigenvalue weighted by Crippen LogP contribution is -2.55. The van der Waals surface area contributed by atoms with Gasteiger partial charge >= 0.3 is 0 Å². The van der Waals surface area contributed by atoms with Crippen molar-refractivity contribution in [3.05, 3.63) is 72.1 Å². The van der Waals surface area contributed by atoms with E-state index in [1.54, 1.807) is 26.6 Å². The van der Waals surface area contributed by atoms with Gasteiger partial charge in [-0.3, -0.25) is 19.8 Å². The van der Waals surface area contributed by atoms with E-state index in [1.165, 1.54) is 25.7 Å². The molecule has 6 saturated heterocycles. The third-order valence-electron chi connectivity index (χ3n) is 12.3. The molecular weight excluding hydrogens is 687 g/mol. The highest BCUT2D eigenvalue weighted by Gasteiger charge is 2.43. The summed E-state index contributed by atoms with van der Waals surface area (Å²) in [5.74, 6) is 4.75. The minimum absolute atomic E-state index is 0. The van der Waals surface area contributed by atoms with Crippen LogP contribution in [-0.4, -0.2) is 87.9 Å². The van der Waals surface area contributed by atoms with Gasteiger partial charge in [-0.2, -0.15) is 0 Å². The minimum atomic E-state index is -0.469. The van der Waals surface area contributed by atoms with Gasteiger partial charge in [0.15, 0.2) is 0 Å². The second-order valence-electron chi connectivity index (χ2n) is 14.5. The second kappa shape index (κ2) is 17.8. The SMILES string of the molecule is CC[C@@H]1CN2CCC1C[C@H]2[C@H](O)c1ccnc2ccc(OC)cc12.CC[C@@H]1CN2CCC1C[C@H]2[C@H](O)c1ccnc2ccc(OC)cc12.Cl.Cl.O. The summed E-state index contributed by atoms with van der Waals surface area (Å²) in [6, 6.07) is 16.1. The summed E-state index contributed by atoms with van der Waals surface area (Å²) >= 11 is 0. The number of halogens is 2. The van der Waals surface area contributed by atoms with Crippen molar-refractivity contribution in [1.29, 1.82) is 0 Å². The van der Waals surface area contributed by atoms with E-state index in [2.05, 4.69) is 33.6 Å². The summed E-state index contributed by atoms with van der Waals surface area (Å²) in [5, 5.41) is 24.4. The molecule has 2 aromatic heterocycles. The first-order chi connectivity index (χ1) is 23.4. The predicted molar refractivity (Wildman–Crippen MR) is 208 cm³/mol. The first kappa shape index (κ1) is 41.0. The molecule has 6 aliphatic rings. The molecule has 11 heteroatoms. The third kappa shape index (κ3) is 8.10. The Labute approximate surface area is 314 Å². The van der Waals surface area contributed by atoms with Gasteiger partial charge in [-0.1, -0.05) is 26.7 Å². The zero-order valence-electron chi connectivity index (χ0n) is 30.3. The zero-order valence-corrected chi connectivity index (χ0v) is 31.9. The van der Waals surface area contributed by atoms with Gasteiger partial charge < -0.3 is 25.2 Å². The maximum absolute atomic E-state index is 11.2. The van der Waals surface area contributed by atoms with Crippen LogP contribution < -0.4 is 9.47 Å². The van der Waals surface area contributed by atoms with Crippen LogP contribution in [0.5, 0.6) is 11.5 Å². The average molecular weight is 744 g/mol. The Kier molecular flexibility index (Phi) is 14.3. The summed E-state index contributed by atoms with van der Waals surface area (Å²) in [5.41, 5.74) is 3.78. The molecule has 4 bridgehead atoms. The Balaban J connectivity index is 0.000000216. The number of benzene rings is 2. The van der Waals surface area contributed by atoms with E-state index in [4.69, 9.17) is 9.47 Å². The van der Waals surface area contributed by atoms with Crippen LogP contribution in [0.25, 0.3) is 21.8 Å². The average Bonchev–Trinajstić information content (AvgIpc) is 3.16. The van der Waals surface area contributed by atoms with Crippen LogP contribution in [0, 0.1) is 23.7 Å². The topological polar surface area (TPSA) is 123 Å². The number of piperidine rings is 6. The fourth-order valence-corrected chi connectivity index (χ4v) is 9.42. The number of methoxy groups -OCH3 is 2. The number of rotatable bonds is 8. The molecule has 0 radical (unpaired) electrons. The fourth-order valence-electron chi connectivity index (χ4n) is 9.42. The Bertz CT molecular complexity index is 1610. The maximum atomic E-state index is 11.2. The van der Waals surface area contributed by atoms with Crippen LogP contribution in [0.15, 0.2) is 60.9 Å². The number of nitrogens with zero attached hydrogens (tertiary/aromatic N) is 4. The molecule has 51 heavy (non-hydrogen) atoms. The molecule has 0 amide bonds. The molecule has 0 saturated carbocycles. The van der Waals surface area contributed by atoms with Crippen LogP contribution >= 0.6 is 24.8 Å². The number of aromatic nitrogens is 2. The number of hydrogen-bond acceptors (Lipinski definition) is 8. The first-order valence-corrected chi connectivity index (χ1v) is 18.1. The van der Waals surface area contributed by atoms with Gasteiger partial charge in [0, 0.05) is 48.3 Å². The summed E-state index contributed by atoms with van der Waals surface area (Å²) in [6.07, 6.45) is 9.95. The molecule has 4 N–H and O–H groups in total. The Hall–Kier alpha value is -2.76. The van der Waals surface area contributed by atoms with Gasteiger partial charge in [0.1, 0.15) is 11.5 Å². The maximum Gasteiger partial charge on any atom is 0.119 e. The van der Waals surface area contributed by atoms with E-state index >= 15 is 0 Å². The van der Waals surface area contributed by atoms with Gasteiger partial charge in [0.2, 0.25) is 0 Å². The Morgan fingerprint density at radius 1 is 0.686 bits per heavy atom. The van der Waals surface area contributed by atoms with E-state index in [0.29, 0.717) is 0 Å². The van der Waals surface area contributed by atoms with Gasteiger partial charge in [-0.15, -0.1) is 24.8 Å². The standard InChI is InChI=1S/2C20H26N2O2.2ClH.H2O/c2*1-3-13-12-22-9-7-14(13)10-19(22)20(23)16-6-8-21-18-5-4-15(24-2)11-17(16)18;;;/h2*4-6,8,11,13-14,19-20,23H,3,7,9-10,12H2,1-2H3;2*1H;1H2/t2*13-,14?,19+,20-;;;/m11.../s1. The summed E-state index contributed by atoms with van der Waals surface area (Å²) < 4.78 is 10.7. The van der Waals surface area contributed by atoms with Crippen molar-refractivity contribution in [3.8, 4) is 11.5 Å². The fraction of sp³-hybridized carbons (Fsp3) is 0.550. The molecule has 0 spiro atoms. The summed E-state index contributed by atoms with van der Waals surface area (Å²) in [7, 11) is 3.34. The Morgan fingerprint density at radius 3 is 1.43 bits per heavy atom. The largest absolute Gasteiger partial charge is 0.497 e. The van der Waals surface area contributed by atoms with Crippen molar-refractivity contribution in [1.82, 2.24) is 19.8 Å². The normalized spacial score (nSPS) is 28.7. The predicted octanol–water partition coefficient (Wildman–Crippen LogP) is 6.81. The van der Waals surface area contributed by atoms with Gasteiger partial charge in [0.05, 0.1) is 37.5 Å². The lowest BCUT2D eigenvalue weighted by Gasteiger charge is -2.51. The van der Waals surface area contributed by atoms with E-state index in [0.717, 1.165) is 107 Å². The smallest absolute Gasteiger partial charge is 0.119 e. The summed E-state index contributed by atoms with van der Waals surface area (Å²) in [6.45, 7) is 9.09. The monoisotopic (exact) mass is 742 g/mol. The van der Waals surface area contributed by atoms with Crippen molar-refractivity contribution in [2.45, 2.75) is 76.7 Å². The molecule has 4 unspecified atom stereocenters. The van der Waals surface area contributed by atoms with Crippen LogP contribution in [0.2, 0.25) is 0 Å². The number of fused-ring (bicyclic) bond motifs is 8. The second-order valence-corrected chi connectivity index (χ2v) is 14.5. The van der Waals surface area contributed by atoms with E-state index < -0.39 is 12.2 Å². The molecule has 9 nitrogen and oxygen atoms in total. The molecule has 8 heterocycles. The highest BCUT2D eigenvalue weighted by atomic mass is 35.5. The number of pyridine rings is 2. The lowest BCUT2D eigenvalue weighted by atomic mass is 9.72. The van der Waals surface area contributed by atoms with Gasteiger partial charge in [0.25, 0.3) is 0 Å². The van der Waals surface area contributed by atoms with Crippen molar-refractivity contribution >= 4 is 46.6 Å². The molecular formula is C40H56Cl2N4O5. The lowest BCUT2D eigenvalue weighted by molar-refractivity contribution is -0.0562. The van der Waals surface area contributed by atoms with Crippen molar-refractivity contribution in [2.24, 2.45) is 23.7 Å². The van der Waals surface area contributed by atoms with Crippen LogP contribution in [0.1, 0.15) is 75.7 Å². The number of hydrogen-bond donors (Lipinski definition) is 2. The number of aliphatic hydroxyl groups is 2. The van der Waals surface area contributed by atoms with Gasteiger partial charge in [-0.25, -0.2) is 0 Å². The van der Waals surface area contributed by atoms with Crippen molar-refractivity contribution in [2.75, 3.05) is 40.4 Å². The van der Waals surface area contributed by atoms with Crippen molar-refractivity contribution < 1.29 is 25.2 Å². The molecule has 10 atom stereocenters. The first-order valence-electron chi connectivity index (χ1n) is 18.1. The van der Waals surface area contributed by atoms with Gasteiger partial charge in [-0.05, 0) is 122 Å². The van der Waals surface area contributed by atoms with Crippen LogP contribution in [-0.2, 0) is 0 Å². The minimum Gasteiger partial charge on any atom is -0.497 e. The number of aliphatic hydroxyl groups excluding tert-OH is 2. The highest BCUT2D eigenvalue weighted by molar-refractivity contribution is 5.86. The van der Waals surface area contributed by atoms with Crippen LogP contribution in [0.4, 0.5) is 0 Å². The van der Waals surface area contributed by atoms with Crippen LogP contribution in [0.3, 0.4) is 0 Å². The molecule has 280 valence electrons. The Morgan fingerprint density at radius 2 is 1.10 bits per heavy atom. The van der Waals surface area contributed by atoms with E-state index in [9.17, 15) is 10.2 Å².